The van der Waals surface area contributed by atoms with E-state index in [1.807, 2.05) is 19.9 Å². The Hall–Kier alpha value is -1.07. The molecule has 1 amide bonds. The van der Waals surface area contributed by atoms with Crippen molar-refractivity contribution in [3.8, 4) is 0 Å². The summed E-state index contributed by atoms with van der Waals surface area (Å²) in [5.41, 5.74) is 1.61. The van der Waals surface area contributed by atoms with Gasteiger partial charge in [-0.15, -0.1) is 11.6 Å². The second-order valence-corrected chi connectivity index (χ2v) is 4.90. The van der Waals surface area contributed by atoms with Crippen molar-refractivity contribution in [3.05, 3.63) is 17.5 Å². The predicted octanol–water partition coefficient (Wildman–Crippen LogP) is 1.55. The monoisotopic (exact) mass is 285 g/mol. The van der Waals surface area contributed by atoms with Gasteiger partial charge in [0.25, 0.3) is 5.91 Å². The van der Waals surface area contributed by atoms with Gasteiger partial charge in [0, 0.05) is 19.6 Å². The van der Waals surface area contributed by atoms with Crippen molar-refractivity contribution in [1.29, 1.82) is 0 Å². The average Bonchev–Trinajstić information content (AvgIpc) is 2.89. The molecule has 1 unspecified atom stereocenters. The lowest BCUT2D eigenvalue weighted by molar-refractivity contribution is -0.0112. The fraction of sp³-hybridized carbons (Fsp3) is 0.692. The van der Waals surface area contributed by atoms with Gasteiger partial charge in [-0.2, -0.15) is 5.10 Å². The van der Waals surface area contributed by atoms with Crippen molar-refractivity contribution in [2.24, 2.45) is 0 Å². The largest absolute Gasteiger partial charge is 0.373 e. The molecule has 0 spiro atoms. The summed E-state index contributed by atoms with van der Waals surface area (Å²) in [6, 6.07) is 1.89. The van der Waals surface area contributed by atoms with Crippen LogP contribution in [0.15, 0.2) is 6.07 Å². The highest BCUT2D eigenvalue weighted by atomic mass is 35.5. The quantitative estimate of drug-likeness (QED) is 0.789. The molecule has 0 N–H and O–H groups in total. The minimum absolute atomic E-state index is 0.0208. The van der Waals surface area contributed by atoms with Crippen LogP contribution in [0.3, 0.4) is 0 Å². The van der Waals surface area contributed by atoms with Gasteiger partial charge in [-0.3, -0.25) is 9.48 Å². The third kappa shape index (κ3) is 3.09. The van der Waals surface area contributed by atoms with Gasteiger partial charge in [-0.25, -0.2) is 0 Å². The summed E-state index contributed by atoms with van der Waals surface area (Å²) in [5.74, 6) is 0.435. The number of rotatable bonds is 4. The number of ether oxygens (including phenoxy) is 1. The number of aryl methyl sites for hydroxylation is 2. The lowest BCUT2D eigenvalue weighted by Gasteiger charge is -2.32. The first kappa shape index (κ1) is 14.3. The summed E-state index contributed by atoms with van der Waals surface area (Å²) < 4.78 is 7.25. The van der Waals surface area contributed by atoms with E-state index in [9.17, 15) is 4.79 Å². The number of morpholine rings is 1. The number of hydrogen-bond acceptors (Lipinski definition) is 3. The number of alkyl halides is 1. The Morgan fingerprint density at radius 2 is 2.37 bits per heavy atom. The standard InChI is InChI=1S/C13H20ClN3O2/c1-3-10-7-12(17(4-2)15-10)13(18)16-5-6-19-11(8-14)9-16/h7,11H,3-6,8-9H2,1-2H3. The number of nitrogens with zero attached hydrogens (tertiary/aromatic N) is 3. The van der Waals surface area contributed by atoms with E-state index in [0.717, 1.165) is 12.1 Å². The van der Waals surface area contributed by atoms with Crippen LogP contribution in [0.5, 0.6) is 0 Å². The van der Waals surface area contributed by atoms with E-state index < -0.39 is 0 Å². The molecule has 106 valence electrons. The van der Waals surface area contributed by atoms with Crippen LogP contribution >= 0.6 is 11.6 Å². The van der Waals surface area contributed by atoms with Gasteiger partial charge in [-0.05, 0) is 19.4 Å². The molecule has 0 aromatic carbocycles. The second-order valence-electron chi connectivity index (χ2n) is 4.59. The molecule has 1 saturated heterocycles. The molecule has 1 aliphatic rings. The van der Waals surface area contributed by atoms with Crippen LogP contribution in [0.25, 0.3) is 0 Å². The van der Waals surface area contributed by atoms with Crippen molar-refractivity contribution < 1.29 is 9.53 Å². The predicted molar refractivity (Wildman–Crippen MR) is 73.6 cm³/mol. The maximum absolute atomic E-state index is 12.5. The Morgan fingerprint density at radius 3 is 3.00 bits per heavy atom. The van der Waals surface area contributed by atoms with Crippen LogP contribution < -0.4 is 0 Å². The van der Waals surface area contributed by atoms with Crippen LogP contribution in [0.2, 0.25) is 0 Å². The van der Waals surface area contributed by atoms with E-state index in [0.29, 0.717) is 37.8 Å². The first-order valence-corrected chi connectivity index (χ1v) is 7.26. The third-order valence-electron chi connectivity index (χ3n) is 3.31. The maximum Gasteiger partial charge on any atom is 0.272 e. The van der Waals surface area contributed by atoms with E-state index in [-0.39, 0.29) is 12.0 Å². The Labute approximate surface area is 118 Å². The number of amides is 1. The van der Waals surface area contributed by atoms with E-state index in [2.05, 4.69) is 5.10 Å². The lowest BCUT2D eigenvalue weighted by atomic mass is 10.2. The topological polar surface area (TPSA) is 47.4 Å². The molecule has 0 saturated carbocycles. The van der Waals surface area contributed by atoms with E-state index in [1.165, 1.54) is 0 Å². The summed E-state index contributed by atoms with van der Waals surface area (Å²) in [6.45, 7) is 6.44. The fourth-order valence-electron chi connectivity index (χ4n) is 2.22. The first-order valence-electron chi connectivity index (χ1n) is 6.73. The normalized spacial score (nSPS) is 19.7. The van der Waals surface area contributed by atoms with Crippen molar-refractivity contribution in [3.63, 3.8) is 0 Å². The van der Waals surface area contributed by atoms with Gasteiger partial charge in [0.2, 0.25) is 0 Å². The van der Waals surface area contributed by atoms with Gasteiger partial charge in [0.05, 0.1) is 24.3 Å². The minimum atomic E-state index is -0.0667. The Bertz CT molecular complexity index is 447. The highest BCUT2D eigenvalue weighted by Gasteiger charge is 2.26. The molecule has 1 fully saturated rings. The van der Waals surface area contributed by atoms with Crippen molar-refractivity contribution in [1.82, 2.24) is 14.7 Å². The molecular formula is C13H20ClN3O2. The zero-order valence-corrected chi connectivity index (χ0v) is 12.2. The van der Waals surface area contributed by atoms with Crippen LogP contribution in [-0.4, -0.2) is 52.3 Å². The summed E-state index contributed by atoms with van der Waals surface area (Å²) in [6.07, 6.45) is 0.767. The molecule has 2 heterocycles. The van der Waals surface area contributed by atoms with E-state index in [4.69, 9.17) is 16.3 Å². The van der Waals surface area contributed by atoms with Crippen LogP contribution in [0.4, 0.5) is 0 Å². The number of hydrogen-bond donors (Lipinski definition) is 0. The molecule has 6 heteroatoms. The van der Waals surface area contributed by atoms with Crippen LogP contribution in [0, 0.1) is 0 Å². The molecule has 0 bridgehead atoms. The van der Waals surface area contributed by atoms with Crippen molar-refractivity contribution in [2.75, 3.05) is 25.6 Å². The van der Waals surface area contributed by atoms with Crippen LogP contribution in [0.1, 0.15) is 30.0 Å². The van der Waals surface area contributed by atoms with Gasteiger partial charge < -0.3 is 9.64 Å². The lowest BCUT2D eigenvalue weighted by Crippen LogP contribution is -2.46. The first-order chi connectivity index (χ1) is 9.19. The SMILES string of the molecule is CCc1cc(C(=O)N2CCOC(CCl)C2)n(CC)n1. The smallest absolute Gasteiger partial charge is 0.272 e. The number of carbonyl (C=O) groups is 1. The minimum Gasteiger partial charge on any atom is -0.373 e. The maximum atomic E-state index is 12.5. The van der Waals surface area contributed by atoms with Gasteiger partial charge in [0.1, 0.15) is 5.69 Å². The third-order valence-corrected chi connectivity index (χ3v) is 3.65. The number of halogens is 1. The second kappa shape index (κ2) is 6.39. The Kier molecular flexibility index (Phi) is 4.82. The highest BCUT2D eigenvalue weighted by Crippen LogP contribution is 2.13. The summed E-state index contributed by atoms with van der Waals surface area (Å²) in [5, 5.41) is 4.41. The number of carbonyl (C=O) groups excluding carboxylic acids is 1. The summed E-state index contributed by atoms with van der Waals surface area (Å²) in [7, 11) is 0. The number of aromatic nitrogens is 2. The average molecular weight is 286 g/mol. The molecule has 2 rings (SSSR count). The molecule has 1 aliphatic heterocycles. The zero-order chi connectivity index (χ0) is 13.8. The highest BCUT2D eigenvalue weighted by molar-refractivity contribution is 6.18. The molecule has 1 aromatic heterocycles. The van der Waals surface area contributed by atoms with Gasteiger partial charge in [-0.1, -0.05) is 6.92 Å². The van der Waals surface area contributed by atoms with Crippen molar-refractivity contribution >= 4 is 17.5 Å². The van der Waals surface area contributed by atoms with E-state index in [1.54, 1.807) is 9.58 Å². The van der Waals surface area contributed by atoms with Gasteiger partial charge >= 0.3 is 0 Å². The molecular weight excluding hydrogens is 266 g/mol. The van der Waals surface area contributed by atoms with Crippen molar-refractivity contribution in [2.45, 2.75) is 32.9 Å². The zero-order valence-electron chi connectivity index (χ0n) is 11.4. The molecule has 0 aliphatic carbocycles. The Morgan fingerprint density at radius 1 is 1.58 bits per heavy atom. The molecule has 5 nitrogen and oxygen atoms in total. The Balaban J connectivity index is 2.16. The molecule has 1 atom stereocenters. The fourth-order valence-corrected chi connectivity index (χ4v) is 2.40. The molecule has 19 heavy (non-hydrogen) atoms. The molecule has 0 radical (unpaired) electrons. The van der Waals surface area contributed by atoms with Gasteiger partial charge in [0.15, 0.2) is 0 Å². The van der Waals surface area contributed by atoms with Crippen LogP contribution in [-0.2, 0) is 17.7 Å². The molecule has 1 aromatic rings. The summed E-state index contributed by atoms with van der Waals surface area (Å²) in [4.78, 5) is 14.3. The summed E-state index contributed by atoms with van der Waals surface area (Å²) >= 11 is 5.80. The van der Waals surface area contributed by atoms with E-state index >= 15 is 0 Å².